The molecule has 2 N–H and O–H groups in total. The number of nitrogens with one attached hydrogen (secondary N) is 1. The van der Waals surface area contributed by atoms with Crippen LogP contribution in [0, 0.1) is 6.92 Å². The van der Waals surface area contributed by atoms with Crippen LogP contribution in [0.1, 0.15) is 88.4 Å². The van der Waals surface area contributed by atoms with Gasteiger partial charge < -0.3 is 10.4 Å². The summed E-state index contributed by atoms with van der Waals surface area (Å²) in [5.41, 5.74) is 4.85. The van der Waals surface area contributed by atoms with Crippen molar-refractivity contribution >= 4 is 34.9 Å². The number of fused-ring (bicyclic) bond motifs is 1. The van der Waals surface area contributed by atoms with Crippen molar-refractivity contribution < 1.29 is 5.11 Å². The van der Waals surface area contributed by atoms with Crippen molar-refractivity contribution in [2.75, 3.05) is 13.1 Å². The molecule has 1 unspecified atom stereocenters. The molecule has 3 rings (SSSR count). The van der Waals surface area contributed by atoms with E-state index in [0.29, 0.717) is 11.6 Å². The number of aryl methyl sites for hydroxylation is 1. The third-order valence-electron chi connectivity index (χ3n) is 6.54. The van der Waals surface area contributed by atoms with Gasteiger partial charge in [0.2, 0.25) is 0 Å². The smallest absolute Gasteiger partial charge is 0.0921 e. The highest BCUT2D eigenvalue weighted by molar-refractivity contribution is 6.30. The van der Waals surface area contributed by atoms with Crippen LogP contribution in [0.2, 0.25) is 5.02 Å². The van der Waals surface area contributed by atoms with Crippen molar-refractivity contribution in [3.05, 3.63) is 64.7 Å². The van der Waals surface area contributed by atoms with Crippen molar-refractivity contribution in [2.45, 2.75) is 84.2 Å². The number of halogens is 2. The zero-order valence-electron chi connectivity index (χ0n) is 21.4. The first kappa shape index (κ1) is 29.6. The van der Waals surface area contributed by atoms with Crippen LogP contribution >= 0.6 is 24.0 Å². The van der Waals surface area contributed by atoms with E-state index < -0.39 is 6.10 Å². The van der Waals surface area contributed by atoms with Gasteiger partial charge >= 0.3 is 0 Å². The van der Waals surface area contributed by atoms with E-state index in [4.69, 9.17) is 16.6 Å². The van der Waals surface area contributed by atoms with Crippen LogP contribution in [0.15, 0.2) is 48.5 Å². The van der Waals surface area contributed by atoms with E-state index in [0.717, 1.165) is 46.3 Å². The van der Waals surface area contributed by atoms with Crippen molar-refractivity contribution in [3.63, 3.8) is 0 Å². The zero-order chi connectivity index (χ0) is 24.2. The summed E-state index contributed by atoms with van der Waals surface area (Å²) < 4.78 is 0. The van der Waals surface area contributed by atoms with E-state index in [1.165, 1.54) is 57.8 Å². The first-order valence-corrected chi connectivity index (χ1v) is 13.5. The molecule has 3 nitrogen and oxygen atoms in total. The van der Waals surface area contributed by atoms with E-state index in [9.17, 15) is 5.11 Å². The lowest BCUT2D eigenvalue weighted by molar-refractivity contribution is 0.176. The summed E-state index contributed by atoms with van der Waals surface area (Å²) in [6.07, 6.45) is 12.8. The van der Waals surface area contributed by atoms with Gasteiger partial charge in [-0.15, -0.1) is 12.4 Å². The highest BCUT2D eigenvalue weighted by Crippen LogP contribution is 2.30. The van der Waals surface area contributed by atoms with E-state index in [-0.39, 0.29) is 12.4 Å². The van der Waals surface area contributed by atoms with Gasteiger partial charge in [0, 0.05) is 22.5 Å². The molecule has 1 aromatic heterocycles. The lowest BCUT2D eigenvalue weighted by Crippen LogP contribution is -2.22. The monoisotopic (exact) mass is 516 g/mol. The largest absolute Gasteiger partial charge is 0.387 e. The van der Waals surface area contributed by atoms with Gasteiger partial charge in [0.25, 0.3) is 0 Å². The van der Waals surface area contributed by atoms with Crippen LogP contribution in [0.3, 0.4) is 0 Å². The Bertz CT molecular complexity index is 1010. The Morgan fingerprint density at radius 1 is 0.857 bits per heavy atom. The zero-order valence-corrected chi connectivity index (χ0v) is 22.9. The predicted octanol–water partition coefficient (Wildman–Crippen LogP) is 8.83. The fourth-order valence-corrected chi connectivity index (χ4v) is 4.62. The second kappa shape index (κ2) is 16.2. The van der Waals surface area contributed by atoms with Crippen molar-refractivity contribution in [1.82, 2.24) is 10.3 Å². The summed E-state index contributed by atoms with van der Waals surface area (Å²) in [6.45, 7) is 5.83. The number of hydrogen-bond acceptors (Lipinski definition) is 3. The quantitative estimate of drug-likeness (QED) is 0.198. The second-order valence-corrected chi connectivity index (χ2v) is 9.96. The molecule has 0 bridgehead atoms. The minimum absolute atomic E-state index is 0. The van der Waals surface area contributed by atoms with Gasteiger partial charge in [-0.25, -0.2) is 4.98 Å². The number of benzene rings is 2. The van der Waals surface area contributed by atoms with Gasteiger partial charge in [-0.1, -0.05) is 101 Å². The Morgan fingerprint density at radius 3 is 2.14 bits per heavy atom. The summed E-state index contributed by atoms with van der Waals surface area (Å²) in [7, 11) is 0. The summed E-state index contributed by atoms with van der Waals surface area (Å²) in [6, 6.07) is 16.0. The fraction of sp³-hybridized carbons (Fsp3) is 0.500. The molecule has 0 amide bonds. The molecule has 0 aliphatic carbocycles. The molecule has 0 fully saturated rings. The van der Waals surface area contributed by atoms with Crippen molar-refractivity contribution in [1.29, 1.82) is 0 Å². The SMILES string of the molecule is CCCCCCCCCCCCNCC(O)c1cc(-c2ccc(Cl)cc2)nc2cc(C)ccc12.Cl. The van der Waals surface area contributed by atoms with E-state index in [1.54, 1.807) is 0 Å². The summed E-state index contributed by atoms with van der Waals surface area (Å²) >= 11 is 6.07. The normalized spacial score (nSPS) is 12.0. The Hall–Kier alpha value is -1.65. The number of aliphatic hydroxyl groups is 1. The number of nitrogens with zero attached hydrogens (tertiary/aromatic N) is 1. The fourth-order valence-electron chi connectivity index (χ4n) is 4.50. The third kappa shape index (κ3) is 9.73. The maximum absolute atomic E-state index is 11.1. The molecule has 35 heavy (non-hydrogen) atoms. The molecular formula is C30H42Cl2N2O. The van der Waals surface area contributed by atoms with Crippen LogP contribution < -0.4 is 5.32 Å². The molecule has 0 saturated carbocycles. The molecule has 5 heteroatoms. The van der Waals surface area contributed by atoms with E-state index in [2.05, 4.69) is 37.4 Å². The Morgan fingerprint density at radius 2 is 1.49 bits per heavy atom. The van der Waals surface area contributed by atoms with Crippen molar-refractivity contribution in [3.8, 4) is 11.3 Å². The summed E-state index contributed by atoms with van der Waals surface area (Å²) in [4.78, 5) is 4.87. The second-order valence-electron chi connectivity index (χ2n) is 9.53. The minimum atomic E-state index is -0.581. The molecule has 0 aliphatic rings. The minimum Gasteiger partial charge on any atom is -0.387 e. The average Bonchev–Trinajstić information content (AvgIpc) is 2.84. The van der Waals surface area contributed by atoms with Gasteiger partial charge in [-0.2, -0.15) is 0 Å². The molecule has 0 saturated heterocycles. The number of aliphatic hydroxyl groups excluding tert-OH is 1. The Labute approximate surface area is 223 Å². The van der Waals surface area contributed by atoms with Gasteiger partial charge in [-0.3, -0.25) is 0 Å². The first-order valence-electron chi connectivity index (χ1n) is 13.1. The molecule has 0 spiro atoms. The number of rotatable bonds is 15. The lowest BCUT2D eigenvalue weighted by atomic mass is 9.99. The molecule has 1 heterocycles. The number of aromatic nitrogens is 1. The van der Waals surface area contributed by atoms with Gasteiger partial charge in [-0.05, 0) is 55.3 Å². The molecule has 3 aromatic rings. The van der Waals surface area contributed by atoms with E-state index in [1.807, 2.05) is 30.3 Å². The van der Waals surface area contributed by atoms with E-state index >= 15 is 0 Å². The molecule has 192 valence electrons. The van der Waals surface area contributed by atoms with Crippen molar-refractivity contribution in [2.24, 2.45) is 0 Å². The molecule has 0 radical (unpaired) electrons. The molecule has 2 aromatic carbocycles. The number of hydrogen-bond donors (Lipinski definition) is 2. The van der Waals surface area contributed by atoms with Crippen LogP contribution in [0.4, 0.5) is 0 Å². The number of unbranched alkanes of at least 4 members (excludes halogenated alkanes) is 9. The third-order valence-corrected chi connectivity index (χ3v) is 6.79. The first-order chi connectivity index (χ1) is 16.6. The van der Waals surface area contributed by atoms with Gasteiger partial charge in [0.1, 0.15) is 0 Å². The highest BCUT2D eigenvalue weighted by Gasteiger charge is 2.15. The highest BCUT2D eigenvalue weighted by atomic mass is 35.5. The standard InChI is InChI=1S/C30H41ClN2O.ClH/c1-3-4-5-6-7-8-9-10-11-12-19-32-22-30(34)27-21-28(24-14-16-25(31)17-15-24)33-29-20-23(2)13-18-26(27)29;/h13-18,20-21,30,32,34H,3-12,19,22H2,1-2H3;1H. The van der Waals surface area contributed by atoms with Gasteiger partial charge in [0.05, 0.1) is 17.3 Å². The lowest BCUT2D eigenvalue weighted by Gasteiger charge is -2.17. The maximum atomic E-state index is 11.1. The summed E-state index contributed by atoms with van der Waals surface area (Å²) in [5, 5.41) is 16.2. The average molecular weight is 518 g/mol. The van der Waals surface area contributed by atoms with Crippen LogP contribution in [-0.4, -0.2) is 23.2 Å². The van der Waals surface area contributed by atoms with Crippen LogP contribution in [0.25, 0.3) is 22.2 Å². The summed E-state index contributed by atoms with van der Waals surface area (Å²) in [5.74, 6) is 0. The molecule has 0 aliphatic heterocycles. The number of pyridine rings is 1. The maximum Gasteiger partial charge on any atom is 0.0921 e. The van der Waals surface area contributed by atoms with Gasteiger partial charge in [0.15, 0.2) is 0 Å². The topological polar surface area (TPSA) is 45.1 Å². The molecular weight excluding hydrogens is 475 g/mol. The van der Waals surface area contributed by atoms with Crippen LogP contribution in [0.5, 0.6) is 0 Å². The Kier molecular flexibility index (Phi) is 13.7. The predicted molar refractivity (Wildman–Crippen MR) is 154 cm³/mol. The molecule has 1 atom stereocenters. The Balaban J connectivity index is 0.00000432. The van der Waals surface area contributed by atoms with Crippen LogP contribution in [-0.2, 0) is 0 Å².